The molecule has 1 saturated carbocycles. The van der Waals surface area contributed by atoms with Crippen LogP contribution in [0, 0.1) is 19.7 Å². The summed E-state index contributed by atoms with van der Waals surface area (Å²) >= 11 is 0. The lowest BCUT2D eigenvalue weighted by atomic mass is 10.0. The summed E-state index contributed by atoms with van der Waals surface area (Å²) in [5, 5.41) is 8.38. The molecule has 1 amide bonds. The van der Waals surface area contributed by atoms with Gasteiger partial charge in [0.2, 0.25) is 5.91 Å². The van der Waals surface area contributed by atoms with Crippen LogP contribution in [0.4, 0.5) is 4.39 Å². The van der Waals surface area contributed by atoms with E-state index < -0.39 is 0 Å². The molecule has 0 saturated heterocycles. The maximum absolute atomic E-state index is 13.7. The number of aryl methyl sites for hydroxylation is 3. The minimum Gasteiger partial charge on any atom is -0.353 e. The van der Waals surface area contributed by atoms with Crippen LogP contribution in [0.3, 0.4) is 0 Å². The Morgan fingerprint density at radius 1 is 1.32 bits per heavy atom. The highest BCUT2D eigenvalue weighted by Crippen LogP contribution is 2.26. The SMILES string of the molecule is Cc1nn(-c2cccc(F)c2)c2c1c(C)c(CCC(=O)NC1CC1)c(=O)n2C. The van der Waals surface area contributed by atoms with Gasteiger partial charge >= 0.3 is 0 Å². The second kappa shape index (κ2) is 6.89. The van der Waals surface area contributed by atoms with Crippen LogP contribution in [0.1, 0.15) is 36.1 Å². The molecule has 1 aliphatic carbocycles. The van der Waals surface area contributed by atoms with E-state index in [9.17, 15) is 14.0 Å². The standard InChI is InChI=1S/C21H23FN4O2/c1-12-17(9-10-18(27)23-15-7-8-15)21(28)25(3)20-19(12)13(2)24-26(20)16-6-4-5-14(22)11-16/h4-6,11,15H,7-10H2,1-3H3,(H,23,27). The molecule has 0 spiro atoms. The van der Waals surface area contributed by atoms with E-state index in [1.165, 1.54) is 12.1 Å². The van der Waals surface area contributed by atoms with Crippen molar-refractivity contribution in [1.29, 1.82) is 0 Å². The van der Waals surface area contributed by atoms with Crippen molar-refractivity contribution in [3.05, 3.63) is 57.3 Å². The first-order valence-corrected chi connectivity index (χ1v) is 9.50. The molecule has 0 atom stereocenters. The van der Waals surface area contributed by atoms with E-state index in [-0.39, 0.29) is 23.7 Å². The van der Waals surface area contributed by atoms with Gasteiger partial charge in [-0.15, -0.1) is 0 Å². The third-order valence-corrected chi connectivity index (χ3v) is 5.34. The molecule has 0 radical (unpaired) electrons. The highest BCUT2D eigenvalue weighted by Gasteiger charge is 2.24. The number of rotatable bonds is 5. The average Bonchev–Trinajstić information content (AvgIpc) is 3.39. The summed E-state index contributed by atoms with van der Waals surface area (Å²) in [6.45, 7) is 3.77. The highest BCUT2D eigenvalue weighted by atomic mass is 19.1. The van der Waals surface area contributed by atoms with E-state index in [1.54, 1.807) is 28.4 Å². The van der Waals surface area contributed by atoms with Crippen molar-refractivity contribution in [2.24, 2.45) is 7.05 Å². The molecular formula is C21H23FN4O2. The number of nitrogens with zero attached hydrogens (tertiary/aromatic N) is 3. The fourth-order valence-corrected chi connectivity index (χ4v) is 3.72. The smallest absolute Gasteiger partial charge is 0.255 e. The van der Waals surface area contributed by atoms with Crippen molar-refractivity contribution < 1.29 is 9.18 Å². The van der Waals surface area contributed by atoms with E-state index >= 15 is 0 Å². The number of hydrogen-bond donors (Lipinski definition) is 1. The predicted octanol–water partition coefficient (Wildman–Crippen LogP) is 2.69. The molecule has 1 fully saturated rings. The Morgan fingerprint density at radius 3 is 2.75 bits per heavy atom. The first kappa shape index (κ1) is 18.4. The molecule has 146 valence electrons. The third kappa shape index (κ3) is 3.21. The predicted molar refractivity (Wildman–Crippen MR) is 105 cm³/mol. The van der Waals surface area contributed by atoms with Crippen molar-refractivity contribution in [3.8, 4) is 5.69 Å². The second-order valence-corrected chi connectivity index (χ2v) is 7.49. The van der Waals surface area contributed by atoms with Crippen LogP contribution in [-0.2, 0) is 18.3 Å². The normalized spacial score (nSPS) is 13.9. The van der Waals surface area contributed by atoms with Gasteiger partial charge in [-0.05, 0) is 56.9 Å². The van der Waals surface area contributed by atoms with Gasteiger partial charge < -0.3 is 5.32 Å². The van der Waals surface area contributed by atoms with Gasteiger partial charge in [0, 0.05) is 30.5 Å². The maximum atomic E-state index is 13.7. The molecule has 2 heterocycles. The van der Waals surface area contributed by atoms with Crippen LogP contribution in [-0.4, -0.2) is 26.3 Å². The van der Waals surface area contributed by atoms with Crippen molar-refractivity contribution in [3.63, 3.8) is 0 Å². The maximum Gasteiger partial charge on any atom is 0.255 e. The van der Waals surface area contributed by atoms with Crippen LogP contribution in [0.2, 0.25) is 0 Å². The summed E-state index contributed by atoms with van der Waals surface area (Å²) in [6, 6.07) is 6.44. The Bertz CT molecular complexity index is 1140. The molecule has 2 aromatic heterocycles. The van der Waals surface area contributed by atoms with Crippen LogP contribution in [0.15, 0.2) is 29.1 Å². The lowest BCUT2D eigenvalue weighted by molar-refractivity contribution is -0.121. The first-order valence-electron chi connectivity index (χ1n) is 9.50. The Balaban J connectivity index is 1.79. The molecular weight excluding hydrogens is 359 g/mol. The molecule has 0 bridgehead atoms. The van der Waals surface area contributed by atoms with Crippen LogP contribution >= 0.6 is 0 Å². The van der Waals surface area contributed by atoms with Gasteiger partial charge in [-0.1, -0.05) is 6.07 Å². The number of amides is 1. The highest BCUT2D eigenvalue weighted by molar-refractivity contribution is 5.85. The Hall–Kier alpha value is -2.96. The molecule has 6 nitrogen and oxygen atoms in total. The second-order valence-electron chi connectivity index (χ2n) is 7.49. The molecule has 4 rings (SSSR count). The Labute approximate surface area is 162 Å². The molecule has 1 N–H and O–H groups in total. The van der Waals surface area contributed by atoms with Gasteiger partial charge in [0.1, 0.15) is 11.5 Å². The molecule has 1 aromatic carbocycles. The number of carbonyl (C=O) groups is 1. The number of nitrogens with one attached hydrogen (secondary N) is 1. The van der Waals surface area contributed by atoms with Crippen LogP contribution in [0.25, 0.3) is 16.7 Å². The van der Waals surface area contributed by atoms with Gasteiger partial charge in [0.15, 0.2) is 0 Å². The van der Waals surface area contributed by atoms with Crippen LogP contribution < -0.4 is 10.9 Å². The van der Waals surface area contributed by atoms with Crippen molar-refractivity contribution in [1.82, 2.24) is 19.7 Å². The number of carbonyl (C=O) groups excluding carboxylic acids is 1. The minimum absolute atomic E-state index is 0.0174. The number of fused-ring (bicyclic) bond motifs is 1. The van der Waals surface area contributed by atoms with E-state index in [2.05, 4.69) is 10.4 Å². The third-order valence-electron chi connectivity index (χ3n) is 5.34. The average molecular weight is 382 g/mol. The van der Waals surface area contributed by atoms with Crippen molar-refractivity contribution in [2.75, 3.05) is 0 Å². The number of aromatic nitrogens is 3. The van der Waals surface area contributed by atoms with Crippen LogP contribution in [0.5, 0.6) is 0 Å². The lowest BCUT2D eigenvalue weighted by Crippen LogP contribution is -2.28. The summed E-state index contributed by atoms with van der Waals surface area (Å²) in [5.41, 5.74) is 3.25. The van der Waals surface area contributed by atoms with E-state index in [0.29, 0.717) is 29.4 Å². The fraction of sp³-hybridized carbons (Fsp3) is 0.381. The zero-order valence-electron chi connectivity index (χ0n) is 16.3. The Morgan fingerprint density at radius 2 is 2.07 bits per heavy atom. The van der Waals surface area contributed by atoms with E-state index in [4.69, 9.17) is 0 Å². The largest absolute Gasteiger partial charge is 0.353 e. The zero-order valence-corrected chi connectivity index (χ0v) is 16.3. The minimum atomic E-state index is -0.362. The molecule has 0 aliphatic heterocycles. The summed E-state index contributed by atoms with van der Waals surface area (Å²) in [6.07, 6.45) is 2.75. The number of hydrogen-bond acceptors (Lipinski definition) is 3. The summed E-state index contributed by atoms with van der Waals surface area (Å²) in [4.78, 5) is 25.1. The summed E-state index contributed by atoms with van der Waals surface area (Å²) < 4.78 is 16.9. The van der Waals surface area contributed by atoms with Gasteiger partial charge in [0.25, 0.3) is 5.56 Å². The topological polar surface area (TPSA) is 68.9 Å². The molecule has 7 heteroatoms. The number of halogens is 1. The lowest BCUT2D eigenvalue weighted by Gasteiger charge is -2.12. The monoisotopic (exact) mass is 382 g/mol. The van der Waals surface area contributed by atoms with Crippen molar-refractivity contribution >= 4 is 16.9 Å². The zero-order chi connectivity index (χ0) is 20.0. The van der Waals surface area contributed by atoms with Gasteiger partial charge in [-0.25, -0.2) is 9.07 Å². The van der Waals surface area contributed by atoms with Gasteiger partial charge in [-0.2, -0.15) is 5.10 Å². The molecule has 28 heavy (non-hydrogen) atoms. The van der Waals surface area contributed by atoms with E-state index in [0.717, 1.165) is 29.5 Å². The van der Waals surface area contributed by atoms with Crippen molar-refractivity contribution in [2.45, 2.75) is 45.6 Å². The molecule has 0 unspecified atom stereocenters. The van der Waals surface area contributed by atoms with Gasteiger partial charge in [0.05, 0.1) is 11.4 Å². The fourth-order valence-electron chi connectivity index (χ4n) is 3.72. The Kier molecular flexibility index (Phi) is 4.53. The molecule has 1 aliphatic rings. The molecule has 3 aromatic rings. The summed E-state index contributed by atoms with van der Waals surface area (Å²) in [7, 11) is 1.69. The number of pyridine rings is 1. The van der Waals surface area contributed by atoms with Gasteiger partial charge in [-0.3, -0.25) is 14.2 Å². The number of benzene rings is 1. The first-order chi connectivity index (χ1) is 13.4. The summed E-state index contributed by atoms with van der Waals surface area (Å²) in [5.74, 6) is -0.380. The quantitative estimate of drug-likeness (QED) is 0.738. The van der Waals surface area contributed by atoms with E-state index in [1.807, 2.05) is 13.8 Å².